The van der Waals surface area contributed by atoms with Crippen LogP contribution in [-0.4, -0.2) is 28.0 Å². The number of halogens is 1. The minimum absolute atomic E-state index is 0.0719. The van der Waals surface area contributed by atoms with Crippen LogP contribution >= 0.6 is 34.3 Å². The van der Waals surface area contributed by atoms with Gasteiger partial charge in [-0.15, -0.1) is 11.3 Å². The monoisotopic (exact) mass is 431 g/mol. The van der Waals surface area contributed by atoms with Gasteiger partial charge in [-0.1, -0.05) is 29.0 Å². The molecule has 0 fully saturated rings. The summed E-state index contributed by atoms with van der Waals surface area (Å²) in [5.74, 6) is -0.808. The second-order valence-corrected chi connectivity index (χ2v) is 8.12. The molecular formula is C19H14ClN3O3S2. The molecule has 0 saturated heterocycles. The zero-order valence-electron chi connectivity index (χ0n) is 14.7. The molecule has 9 heteroatoms. The number of ether oxygens (including phenoxy) is 1. The van der Waals surface area contributed by atoms with E-state index in [1.807, 2.05) is 12.1 Å². The van der Waals surface area contributed by atoms with E-state index in [1.54, 1.807) is 41.3 Å². The van der Waals surface area contributed by atoms with Gasteiger partial charge in [0.2, 0.25) is 0 Å². The Morgan fingerprint density at radius 1 is 1.25 bits per heavy atom. The number of benzene rings is 2. The summed E-state index contributed by atoms with van der Waals surface area (Å²) in [4.78, 5) is 33.7. The van der Waals surface area contributed by atoms with Crippen LogP contribution in [0.25, 0.3) is 20.4 Å². The van der Waals surface area contributed by atoms with Crippen molar-refractivity contribution in [3.8, 4) is 0 Å². The number of esters is 1. The maximum Gasteiger partial charge on any atom is 0.326 e. The number of aromatic nitrogens is 2. The summed E-state index contributed by atoms with van der Waals surface area (Å²) < 4.78 is 8.44. The minimum Gasteiger partial charge on any atom is -0.465 e. The van der Waals surface area contributed by atoms with Gasteiger partial charge in [-0.2, -0.15) is 4.99 Å². The van der Waals surface area contributed by atoms with Crippen LogP contribution in [0.3, 0.4) is 0 Å². The van der Waals surface area contributed by atoms with Crippen molar-refractivity contribution < 1.29 is 14.3 Å². The van der Waals surface area contributed by atoms with Gasteiger partial charge < -0.3 is 9.30 Å². The van der Waals surface area contributed by atoms with Gasteiger partial charge in [-0.05, 0) is 37.3 Å². The molecule has 28 heavy (non-hydrogen) atoms. The molecule has 0 unspecified atom stereocenters. The number of para-hydroxylation sites is 1. The Kier molecular flexibility index (Phi) is 5.25. The Bertz CT molecular complexity index is 1270. The van der Waals surface area contributed by atoms with Crippen LogP contribution in [-0.2, 0) is 16.1 Å². The van der Waals surface area contributed by atoms with E-state index in [0.717, 1.165) is 14.9 Å². The number of thiazole rings is 2. The van der Waals surface area contributed by atoms with Crippen molar-refractivity contribution in [1.29, 1.82) is 0 Å². The van der Waals surface area contributed by atoms with Crippen molar-refractivity contribution in [1.82, 2.24) is 9.55 Å². The molecule has 0 bridgehead atoms. The summed E-state index contributed by atoms with van der Waals surface area (Å²) in [5.41, 5.74) is 3.69. The first-order chi connectivity index (χ1) is 13.6. The second kappa shape index (κ2) is 7.83. The highest BCUT2D eigenvalue weighted by molar-refractivity contribution is 7.17. The van der Waals surface area contributed by atoms with E-state index in [4.69, 9.17) is 16.3 Å². The molecule has 2 aromatic carbocycles. The molecule has 0 aliphatic rings. The van der Waals surface area contributed by atoms with Gasteiger partial charge >= 0.3 is 5.97 Å². The number of rotatable bonds is 4. The molecular weight excluding hydrogens is 418 g/mol. The number of amides is 1. The quantitative estimate of drug-likeness (QED) is 0.452. The third-order valence-corrected chi connectivity index (χ3v) is 6.16. The lowest BCUT2D eigenvalue weighted by Crippen LogP contribution is -2.23. The van der Waals surface area contributed by atoms with Crippen molar-refractivity contribution in [2.45, 2.75) is 13.5 Å². The summed E-state index contributed by atoms with van der Waals surface area (Å²) in [6.45, 7) is 1.94. The van der Waals surface area contributed by atoms with Gasteiger partial charge in [0.05, 0.1) is 37.6 Å². The van der Waals surface area contributed by atoms with E-state index in [9.17, 15) is 9.59 Å². The lowest BCUT2D eigenvalue weighted by atomic mass is 10.2. The molecule has 0 aliphatic carbocycles. The first-order valence-electron chi connectivity index (χ1n) is 8.42. The van der Waals surface area contributed by atoms with E-state index < -0.39 is 11.9 Å². The fourth-order valence-electron chi connectivity index (χ4n) is 2.79. The van der Waals surface area contributed by atoms with Crippen molar-refractivity contribution >= 4 is 66.6 Å². The standard InChI is InChI=1S/C19H14ClN3O3S2/c1-2-26-16(24)9-23-17-12(20)4-3-5-14(17)28-19(23)22-18(25)11-6-7-13-15(8-11)27-10-21-13/h3-8,10H,2,9H2,1H3. The Balaban J connectivity index is 1.82. The van der Waals surface area contributed by atoms with E-state index in [0.29, 0.717) is 20.9 Å². The highest BCUT2D eigenvalue weighted by Crippen LogP contribution is 2.25. The highest BCUT2D eigenvalue weighted by Gasteiger charge is 2.15. The molecule has 0 spiro atoms. The third-order valence-electron chi connectivity index (χ3n) is 4.02. The van der Waals surface area contributed by atoms with Crippen LogP contribution in [0.2, 0.25) is 5.02 Å². The summed E-state index contributed by atoms with van der Waals surface area (Å²) in [6, 6.07) is 10.7. The molecule has 6 nitrogen and oxygen atoms in total. The Labute approximate surface area is 172 Å². The number of hydrogen-bond acceptors (Lipinski definition) is 6. The molecule has 0 aliphatic heterocycles. The van der Waals surface area contributed by atoms with Crippen LogP contribution in [0.5, 0.6) is 0 Å². The van der Waals surface area contributed by atoms with Crippen molar-refractivity contribution in [2.24, 2.45) is 4.99 Å². The van der Waals surface area contributed by atoms with Crippen molar-refractivity contribution in [3.63, 3.8) is 0 Å². The highest BCUT2D eigenvalue weighted by atomic mass is 35.5. The molecule has 4 rings (SSSR count). The van der Waals surface area contributed by atoms with Crippen LogP contribution in [0.4, 0.5) is 0 Å². The molecule has 0 atom stereocenters. The van der Waals surface area contributed by atoms with E-state index in [2.05, 4.69) is 9.98 Å². The number of carbonyl (C=O) groups excluding carboxylic acids is 2. The lowest BCUT2D eigenvalue weighted by Gasteiger charge is -2.06. The van der Waals surface area contributed by atoms with Crippen molar-refractivity contribution in [2.75, 3.05) is 6.61 Å². The van der Waals surface area contributed by atoms with Gasteiger partial charge in [0.15, 0.2) is 4.80 Å². The summed E-state index contributed by atoms with van der Waals surface area (Å²) >= 11 is 9.11. The van der Waals surface area contributed by atoms with Gasteiger partial charge in [0.1, 0.15) is 6.54 Å². The second-order valence-electron chi connectivity index (χ2n) is 5.81. The number of nitrogens with zero attached hydrogens (tertiary/aromatic N) is 3. The first kappa shape index (κ1) is 18.8. The fourth-order valence-corrected chi connectivity index (χ4v) is 4.90. The maximum absolute atomic E-state index is 12.8. The number of hydrogen-bond donors (Lipinski definition) is 0. The van der Waals surface area contributed by atoms with Gasteiger partial charge in [0.25, 0.3) is 5.91 Å². The molecule has 0 saturated carbocycles. The zero-order chi connectivity index (χ0) is 19.7. The average Bonchev–Trinajstić information content (AvgIpc) is 3.27. The van der Waals surface area contributed by atoms with Crippen LogP contribution in [0.15, 0.2) is 46.9 Å². The normalized spacial score (nSPS) is 12.0. The van der Waals surface area contributed by atoms with Gasteiger partial charge in [-0.3, -0.25) is 9.59 Å². The van der Waals surface area contributed by atoms with Gasteiger partial charge in [0, 0.05) is 5.56 Å². The molecule has 0 N–H and O–H groups in total. The predicted octanol–water partition coefficient (Wildman–Crippen LogP) is 4.27. The summed E-state index contributed by atoms with van der Waals surface area (Å²) in [6.07, 6.45) is 0. The SMILES string of the molecule is CCOC(=O)Cn1c(=NC(=O)c2ccc3ncsc3c2)sc2cccc(Cl)c21. The van der Waals surface area contributed by atoms with Crippen molar-refractivity contribution in [3.05, 3.63) is 57.3 Å². The fraction of sp³-hybridized carbons (Fsp3) is 0.158. The van der Waals surface area contributed by atoms with Crippen LogP contribution in [0.1, 0.15) is 17.3 Å². The maximum atomic E-state index is 12.8. The van der Waals surface area contributed by atoms with E-state index in [1.165, 1.54) is 22.7 Å². The van der Waals surface area contributed by atoms with Crippen LogP contribution < -0.4 is 4.80 Å². The Hall–Kier alpha value is -2.55. The largest absolute Gasteiger partial charge is 0.465 e. The summed E-state index contributed by atoms with van der Waals surface area (Å²) in [7, 11) is 0. The molecule has 2 heterocycles. The Morgan fingerprint density at radius 2 is 2.11 bits per heavy atom. The third kappa shape index (κ3) is 3.58. The summed E-state index contributed by atoms with van der Waals surface area (Å²) in [5, 5.41) is 0.484. The molecule has 4 aromatic rings. The molecule has 142 valence electrons. The Morgan fingerprint density at radius 3 is 2.93 bits per heavy atom. The van der Waals surface area contributed by atoms with Crippen LogP contribution in [0, 0.1) is 0 Å². The molecule has 2 aromatic heterocycles. The predicted molar refractivity (Wildman–Crippen MR) is 111 cm³/mol. The number of fused-ring (bicyclic) bond motifs is 2. The smallest absolute Gasteiger partial charge is 0.326 e. The minimum atomic E-state index is -0.415. The first-order valence-corrected chi connectivity index (χ1v) is 10.5. The number of carbonyl (C=O) groups is 2. The lowest BCUT2D eigenvalue weighted by molar-refractivity contribution is -0.143. The van der Waals surface area contributed by atoms with E-state index >= 15 is 0 Å². The molecule has 1 amide bonds. The average molecular weight is 432 g/mol. The molecule has 0 radical (unpaired) electrons. The van der Waals surface area contributed by atoms with E-state index in [-0.39, 0.29) is 13.2 Å². The van der Waals surface area contributed by atoms with Gasteiger partial charge in [-0.25, -0.2) is 4.98 Å². The zero-order valence-corrected chi connectivity index (χ0v) is 17.1. The topological polar surface area (TPSA) is 73.6 Å².